The fraction of sp³-hybridized carbons (Fsp3) is 0.318. The molecule has 0 radical (unpaired) electrons. The first kappa shape index (κ1) is 20.0. The smallest absolute Gasteiger partial charge is 0.196 e. The molecule has 0 saturated heterocycles. The first-order chi connectivity index (χ1) is 13.7. The van der Waals surface area contributed by atoms with Gasteiger partial charge in [0.05, 0.1) is 18.9 Å². The van der Waals surface area contributed by atoms with Crippen LogP contribution < -0.4 is 4.74 Å². The van der Waals surface area contributed by atoms with E-state index in [1.807, 2.05) is 30.3 Å². The lowest BCUT2D eigenvalue weighted by Crippen LogP contribution is -2.05. The van der Waals surface area contributed by atoms with Crippen molar-refractivity contribution in [1.29, 1.82) is 5.26 Å². The number of rotatable bonds is 8. The Labute approximate surface area is 170 Å². The molecule has 0 amide bonds. The van der Waals surface area contributed by atoms with Gasteiger partial charge in [0.25, 0.3) is 0 Å². The Morgan fingerprint density at radius 2 is 1.86 bits per heavy atom. The number of nitrogens with zero attached hydrogens (tertiary/aromatic N) is 4. The van der Waals surface area contributed by atoms with Gasteiger partial charge in [-0.15, -0.1) is 10.2 Å². The molecule has 0 saturated carbocycles. The number of aromatic nitrogens is 3. The highest BCUT2D eigenvalue weighted by Crippen LogP contribution is 2.32. The molecule has 5 nitrogen and oxygen atoms in total. The van der Waals surface area contributed by atoms with Crippen molar-refractivity contribution in [2.75, 3.05) is 12.9 Å². The zero-order valence-electron chi connectivity index (χ0n) is 16.4. The molecule has 3 rings (SSSR count). The molecule has 0 unspecified atom stereocenters. The van der Waals surface area contributed by atoms with Gasteiger partial charge in [0.2, 0.25) is 0 Å². The number of nitriles is 1. The number of thioether (sulfide) groups is 1. The molecule has 1 heterocycles. The fourth-order valence-corrected chi connectivity index (χ4v) is 3.89. The Bertz CT molecular complexity index is 957. The van der Waals surface area contributed by atoms with Gasteiger partial charge < -0.3 is 4.74 Å². The molecule has 0 spiro atoms. The molecule has 144 valence electrons. The molecule has 2 aromatic carbocycles. The van der Waals surface area contributed by atoms with E-state index < -0.39 is 0 Å². The van der Waals surface area contributed by atoms with E-state index in [-0.39, 0.29) is 0 Å². The number of unbranched alkanes of at least 4 members (excludes halogenated alkanes) is 1. The van der Waals surface area contributed by atoms with Gasteiger partial charge in [-0.05, 0) is 48.2 Å². The Morgan fingerprint density at radius 1 is 1.11 bits per heavy atom. The zero-order valence-corrected chi connectivity index (χ0v) is 17.2. The Hall–Kier alpha value is -2.78. The summed E-state index contributed by atoms with van der Waals surface area (Å²) in [7, 11) is 1.66. The van der Waals surface area contributed by atoms with Crippen LogP contribution in [0, 0.1) is 11.3 Å². The lowest BCUT2D eigenvalue weighted by atomic mass is 10.0. The molecule has 0 aliphatic rings. The summed E-state index contributed by atoms with van der Waals surface area (Å²) in [6.07, 6.45) is 1.38. The van der Waals surface area contributed by atoms with Gasteiger partial charge in [0.15, 0.2) is 11.0 Å². The van der Waals surface area contributed by atoms with E-state index in [1.54, 1.807) is 18.9 Å². The van der Waals surface area contributed by atoms with Crippen LogP contribution in [0.25, 0.3) is 17.1 Å². The largest absolute Gasteiger partial charge is 0.497 e. The van der Waals surface area contributed by atoms with E-state index in [4.69, 9.17) is 10.00 Å². The SMILES string of the molecule is COc1ccc(-c2nnc(SCCCC#N)n2-c2ccccc2C(C)C)cc1. The van der Waals surface area contributed by atoms with Crippen LogP contribution in [-0.2, 0) is 0 Å². The van der Waals surface area contributed by atoms with Crippen LogP contribution in [-0.4, -0.2) is 27.6 Å². The quantitative estimate of drug-likeness (QED) is 0.376. The molecule has 1 aromatic heterocycles. The van der Waals surface area contributed by atoms with Crippen molar-refractivity contribution in [3.05, 3.63) is 54.1 Å². The molecule has 3 aromatic rings. The summed E-state index contributed by atoms with van der Waals surface area (Å²) < 4.78 is 7.41. The minimum atomic E-state index is 0.374. The lowest BCUT2D eigenvalue weighted by molar-refractivity contribution is 0.415. The molecular formula is C22H24N4OS. The summed E-state index contributed by atoms with van der Waals surface area (Å²) in [5, 5.41) is 18.6. The van der Waals surface area contributed by atoms with Crippen molar-refractivity contribution >= 4 is 11.8 Å². The van der Waals surface area contributed by atoms with Gasteiger partial charge >= 0.3 is 0 Å². The van der Waals surface area contributed by atoms with E-state index in [0.717, 1.165) is 40.2 Å². The van der Waals surface area contributed by atoms with Crippen LogP contribution in [0.4, 0.5) is 0 Å². The van der Waals surface area contributed by atoms with Crippen molar-refractivity contribution in [1.82, 2.24) is 14.8 Å². The van der Waals surface area contributed by atoms with Crippen LogP contribution in [0.15, 0.2) is 53.7 Å². The maximum atomic E-state index is 8.79. The molecule has 0 bridgehead atoms. The summed E-state index contributed by atoms with van der Waals surface area (Å²) in [4.78, 5) is 0. The first-order valence-corrected chi connectivity index (χ1v) is 10.3. The summed E-state index contributed by atoms with van der Waals surface area (Å²) in [5.41, 5.74) is 3.32. The second-order valence-corrected chi connectivity index (χ2v) is 7.76. The minimum absolute atomic E-state index is 0.374. The maximum absolute atomic E-state index is 8.79. The fourth-order valence-electron chi connectivity index (χ4n) is 3.00. The lowest BCUT2D eigenvalue weighted by Gasteiger charge is -2.17. The molecular weight excluding hydrogens is 368 g/mol. The van der Waals surface area contributed by atoms with Crippen molar-refractivity contribution in [2.24, 2.45) is 0 Å². The molecule has 28 heavy (non-hydrogen) atoms. The third-order valence-corrected chi connectivity index (χ3v) is 5.46. The molecule has 0 atom stereocenters. The van der Waals surface area contributed by atoms with Gasteiger partial charge in [-0.1, -0.05) is 43.8 Å². The second-order valence-electron chi connectivity index (χ2n) is 6.69. The summed E-state index contributed by atoms with van der Waals surface area (Å²) in [5.74, 6) is 2.82. The second kappa shape index (κ2) is 9.43. The normalized spacial score (nSPS) is 10.8. The van der Waals surface area contributed by atoms with Crippen molar-refractivity contribution in [2.45, 2.75) is 37.8 Å². The van der Waals surface area contributed by atoms with Crippen LogP contribution >= 0.6 is 11.8 Å². The van der Waals surface area contributed by atoms with Crippen molar-refractivity contribution < 1.29 is 4.74 Å². The summed E-state index contributed by atoms with van der Waals surface area (Å²) in [6.45, 7) is 4.38. The summed E-state index contributed by atoms with van der Waals surface area (Å²) in [6, 6.07) is 18.4. The van der Waals surface area contributed by atoms with Gasteiger partial charge in [0.1, 0.15) is 5.75 Å². The van der Waals surface area contributed by atoms with E-state index in [2.05, 4.69) is 52.9 Å². The predicted molar refractivity (Wildman–Crippen MR) is 113 cm³/mol. The molecule has 0 N–H and O–H groups in total. The number of methoxy groups -OCH3 is 1. The molecule has 0 aliphatic heterocycles. The Kier molecular flexibility index (Phi) is 6.72. The summed E-state index contributed by atoms with van der Waals surface area (Å²) >= 11 is 1.64. The van der Waals surface area contributed by atoms with E-state index in [0.29, 0.717) is 12.3 Å². The standard InChI is InChI=1S/C22H24N4OS/c1-16(2)19-8-4-5-9-20(19)26-21(17-10-12-18(27-3)13-11-17)24-25-22(26)28-15-7-6-14-23/h4-5,8-13,16H,6-7,15H2,1-3H3. The average Bonchev–Trinajstić information content (AvgIpc) is 3.15. The van der Waals surface area contributed by atoms with Crippen molar-refractivity contribution in [3.63, 3.8) is 0 Å². The Morgan fingerprint density at radius 3 is 2.54 bits per heavy atom. The molecule has 0 aliphatic carbocycles. The van der Waals surface area contributed by atoms with Gasteiger partial charge in [-0.25, -0.2) is 0 Å². The van der Waals surface area contributed by atoms with Gasteiger partial charge in [0, 0.05) is 17.7 Å². The number of hydrogen-bond acceptors (Lipinski definition) is 5. The minimum Gasteiger partial charge on any atom is -0.497 e. The third kappa shape index (κ3) is 4.37. The third-order valence-electron chi connectivity index (χ3n) is 4.45. The van der Waals surface area contributed by atoms with Crippen LogP contribution in [0.3, 0.4) is 0 Å². The van der Waals surface area contributed by atoms with Crippen LogP contribution in [0.5, 0.6) is 5.75 Å². The first-order valence-electron chi connectivity index (χ1n) is 9.34. The van der Waals surface area contributed by atoms with Gasteiger partial charge in [-0.2, -0.15) is 5.26 Å². The van der Waals surface area contributed by atoms with E-state index >= 15 is 0 Å². The highest BCUT2D eigenvalue weighted by Gasteiger charge is 2.19. The maximum Gasteiger partial charge on any atom is 0.196 e. The molecule has 6 heteroatoms. The molecule has 0 fully saturated rings. The predicted octanol–water partition coefficient (Wildman–Crippen LogP) is 5.46. The van der Waals surface area contributed by atoms with E-state index in [9.17, 15) is 0 Å². The monoisotopic (exact) mass is 392 g/mol. The van der Waals surface area contributed by atoms with E-state index in [1.165, 1.54) is 5.56 Å². The number of para-hydroxylation sites is 1. The van der Waals surface area contributed by atoms with Crippen LogP contribution in [0.1, 0.15) is 38.2 Å². The number of hydrogen-bond donors (Lipinski definition) is 0. The highest BCUT2D eigenvalue weighted by atomic mass is 32.2. The average molecular weight is 393 g/mol. The number of ether oxygens (including phenoxy) is 1. The van der Waals surface area contributed by atoms with Crippen LogP contribution in [0.2, 0.25) is 0 Å². The topological polar surface area (TPSA) is 63.7 Å². The zero-order chi connectivity index (χ0) is 19.9. The highest BCUT2D eigenvalue weighted by molar-refractivity contribution is 7.99. The van der Waals surface area contributed by atoms with Crippen molar-refractivity contribution in [3.8, 4) is 28.9 Å². The Balaban J connectivity index is 2.08. The van der Waals surface area contributed by atoms with Gasteiger partial charge in [-0.3, -0.25) is 4.57 Å². The number of benzene rings is 2.